The number of halogens is 1. The zero-order chi connectivity index (χ0) is 11.6. The van der Waals surface area contributed by atoms with Gasteiger partial charge in [-0.05, 0) is 18.9 Å². The van der Waals surface area contributed by atoms with Crippen molar-refractivity contribution in [3.63, 3.8) is 0 Å². The highest BCUT2D eigenvalue weighted by Crippen LogP contribution is 2.27. The largest absolute Gasteiger partial charge is 0.130 e. The van der Waals surface area contributed by atoms with Crippen molar-refractivity contribution >= 4 is 25.6 Å². The molecule has 0 nitrogen and oxygen atoms in total. The van der Waals surface area contributed by atoms with Crippen molar-refractivity contribution in [3.8, 4) is 0 Å². The minimum atomic E-state index is -1.05. The van der Waals surface area contributed by atoms with Crippen molar-refractivity contribution in [1.82, 2.24) is 0 Å². The molecule has 0 bridgehead atoms. The third-order valence-electron chi connectivity index (χ3n) is 2.85. The van der Waals surface area contributed by atoms with Gasteiger partial charge < -0.3 is 0 Å². The molecule has 0 heterocycles. The lowest BCUT2D eigenvalue weighted by molar-refractivity contribution is 0.745. The molecule has 0 saturated carbocycles. The highest BCUT2D eigenvalue weighted by atomic mass is 35.5. The Kier molecular flexibility index (Phi) is 4.02. The minimum absolute atomic E-state index is 0.363. The fourth-order valence-electron chi connectivity index (χ4n) is 2.03. The molecule has 1 aromatic carbocycles. The van der Waals surface area contributed by atoms with Crippen LogP contribution in [0.3, 0.4) is 0 Å². The van der Waals surface area contributed by atoms with Crippen LogP contribution in [0.1, 0.15) is 31.9 Å². The molecule has 2 heteroatoms. The predicted molar refractivity (Wildman–Crippen MR) is 73.1 cm³/mol. The van der Waals surface area contributed by atoms with Crippen LogP contribution >= 0.6 is 11.6 Å². The van der Waals surface area contributed by atoms with Crippen LogP contribution in [0, 0.1) is 13.8 Å². The van der Waals surface area contributed by atoms with E-state index in [2.05, 4.69) is 52.8 Å². The molecule has 0 radical (unpaired) electrons. The molecule has 0 aliphatic rings. The van der Waals surface area contributed by atoms with Gasteiger partial charge in [0.25, 0.3) is 0 Å². The van der Waals surface area contributed by atoms with Crippen molar-refractivity contribution in [3.05, 3.63) is 29.3 Å². The normalized spacial score (nSPS) is 14.0. The molecule has 0 amide bonds. The molecule has 15 heavy (non-hydrogen) atoms. The van der Waals surface area contributed by atoms with Crippen LogP contribution in [0.5, 0.6) is 0 Å². The van der Waals surface area contributed by atoms with E-state index in [1.165, 1.54) is 16.3 Å². The number of benzene rings is 1. The summed E-state index contributed by atoms with van der Waals surface area (Å²) in [7, 11) is -1.05. The number of hydrogen-bond acceptors (Lipinski definition) is 0. The molecule has 84 valence electrons. The van der Waals surface area contributed by atoms with Gasteiger partial charge in [-0.3, -0.25) is 0 Å². The van der Waals surface area contributed by atoms with Crippen molar-refractivity contribution in [2.24, 2.45) is 0 Å². The summed E-state index contributed by atoms with van der Waals surface area (Å²) in [6.07, 6.45) is 0. The molecule has 1 unspecified atom stereocenters. The van der Waals surface area contributed by atoms with E-state index in [1.54, 1.807) is 0 Å². The molecule has 0 N–H and O–H groups in total. The topological polar surface area (TPSA) is 0 Å². The third kappa shape index (κ3) is 3.35. The maximum atomic E-state index is 6.15. The molecule has 1 aromatic rings. The Labute approximate surface area is 100 Å². The standard InChI is InChI=1S/C13H21ClSi/c1-10-6-11(2)8-12(7-10)15(9-14)13(3,4)5/h6-8,15H,9H2,1-5H3. The monoisotopic (exact) mass is 240 g/mol. The van der Waals surface area contributed by atoms with Gasteiger partial charge in [-0.1, -0.05) is 55.3 Å². The Morgan fingerprint density at radius 1 is 1.07 bits per heavy atom. The first kappa shape index (κ1) is 12.8. The van der Waals surface area contributed by atoms with Crippen molar-refractivity contribution in [1.29, 1.82) is 0 Å². The molecule has 0 saturated heterocycles. The van der Waals surface area contributed by atoms with Gasteiger partial charge in [0.15, 0.2) is 0 Å². The SMILES string of the molecule is Cc1cc(C)cc([SiH](CCl)C(C)(C)C)c1. The first-order valence-electron chi connectivity index (χ1n) is 5.48. The first-order valence-corrected chi connectivity index (χ1v) is 7.99. The average Bonchev–Trinajstić information content (AvgIpc) is 1.99. The summed E-state index contributed by atoms with van der Waals surface area (Å²) in [4.78, 5) is 0. The molecule has 1 atom stereocenters. The van der Waals surface area contributed by atoms with Crippen LogP contribution in [0.4, 0.5) is 0 Å². The molecular weight excluding hydrogens is 220 g/mol. The van der Waals surface area contributed by atoms with Crippen LogP contribution in [0.25, 0.3) is 0 Å². The number of alkyl halides is 1. The predicted octanol–water partition coefficient (Wildman–Crippen LogP) is 3.32. The van der Waals surface area contributed by atoms with Crippen LogP contribution in [-0.2, 0) is 0 Å². The molecule has 0 aromatic heterocycles. The van der Waals surface area contributed by atoms with Gasteiger partial charge in [0, 0.05) is 5.50 Å². The first-order chi connectivity index (χ1) is 6.84. The second-order valence-electron chi connectivity index (χ2n) is 5.49. The van der Waals surface area contributed by atoms with Gasteiger partial charge in [0.05, 0.1) is 8.80 Å². The highest BCUT2D eigenvalue weighted by molar-refractivity contribution is 6.81. The van der Waals surface area contributed by atoms with Gasteiger partial charge in [-0.25, -0.2) is 0 Å². The Bertz CT molecular complexity index is 319. The van der Waals surface area contributed by atoms with Crippen molar-refractivity contribution in [2.75, 3.05) is 5.50 Å². The maximum Gasteiger partial charge on any atom is 0.0919 e. The van der Waals surface area contributed by atoms with Gasteiger partial charge in [-0.15, -0.1) is 11.6 Å². The second kappa shape index (κ2) is 4.71. The summed E-state index contributed by atoms with van der Waals surface area (Å²) in [6, 6.07) is 6.86. The second-order valence-corrected chi connectivity index (χ2v) is 10.2. The summed E-state index contributed by atoms with van der Waals surface area (Å²) in [6.45, 7) is 11.3. The van der Waals surface area contributed by atoms with E-state index in [0.717, 1.165) is 5.50 Å². The van der Waals surface area contributed by atoms with E-state index in [9.17, 15) is 0 Å². The Morgan fingerprint density at radius 2 is 1.53 bits per heavy atom. The molecule has 0 aliphatic heterocycles. The summed E-state index contributed by atoms with van der Waals surface area (Å²) < 4.78 is 0. The van der Waals surface area contributed by atoms with Crippen LogP contribution in [-0.4, -0.2) is 14.3 Å². The zero-order valence-electron chi connectivity index (χ0n) is 10.4. The summed E-state index contributed by atoms with van der Waals surface area (Å²) in [5, 5.41) is 1.87. The van der Waals surface area contributed by atoms with Gasteiger partial charge in [0.2, 0.25) is 0 Å². The summed E-state index contributed by atoms with van der Waals surface area (Å²) in [5.74, 6) is 0. The molecule has 0 spiro atoms. The fraction of sp³-hybridized carbons (Fsp3) is 0.538. The van der Waals surface area contributed by atoms with E-state index in [0.29, 0.717) is 5.04 Å². The van der Waals surface area contributed by atoms with E-state index in [4.69, 9.17) is 11.6 Å². The van der Waals surface area contributed by atoms with Gasteiger partial charge >= 0.3 is 0 Å². The van der Waals surface area contributed by atoms with E-state index in [-0.39, 0.29) is 0 Å². The van der Waals surface area contributed by atoms with E-state index < -0.39 is 8.80 Å². The zero-order valence-corrected chi connectivity index (χ0v) is 12.3. The third-order valence-corrected chi connectivity index (χ3v) is 7.31. The lowest BCUT2D eigenvalue weighted by Gasteiger charge is -2.28. The molecular formula is C13H21ClSi. The van der Waals surface area contributed by atoms with Gasteiger partial charge in [0.1, 0.15) is 0 Å². The number of aryl methyl sites for hydroxylation is 2. The van der Waals surface area contributed by atoms with Crippen LogP contribution < -0.4 is 5.19 Å². The fourth-order valence-corrected chi connectivity index (χ4v) is 6.52. The van der Waals surface area contributed by atoms with E-state index in [1.807, 2.05) is 0 Å². The Morgan fingerprint density at radius 3 is 1.87 bits per heavy atom. The van der Waals surface area contributed by atoms with E-state index >= 15 is 0 Å². The van der Waals surface area contributed by atoms with Crippen molar-refractivity contribution in [2.45, 2.75) is 39.7 Å². The lowest BCUT2D eigenvalue weighted by atomic mass is 10.2. The average molecular weight is 241 g/mol. The minimum Gasteiger partial charge on any atom is -0.130 e. The molecule has 1 rings (SSSR count). The van der Waals surface area contributed by atoms with Crippen LogP contribution in [0.15, 0.2) is 18.2 Å². The number of rotatable bonds is 2. The lowest BCUT2D eigenvalue weighted by Crippen LogP contribution is -2.41. The Hall–Kier alpha value is -0.273. The Balaban J connectivity index is 3.13. The maximum absolute atomic E-state index is 6.15. The van der Waals surface area contributed by atoms with Gasteiger partial charge in [-0.2, -0.15) is 0 Å². The summed E-state index contributed by atoms with van der Waals surface area (Å²) in [5.41, 5.74) is 3.54. The van der Waals surface area contributed by atoms with Crippen molar-refractivity contribution < 1.29 is 0 Å². The molecule has 0 fully saturated rings. The summed E-state index contributed by atoms with van der Waals surface area (Å²) >= 11 is 6.15. The quantitative estimate of drug-likeness (QED) is 0.550. The van der Waals surface area contributed by atoms with Crippen LogP contribution in [0.2, 0.25) is 5.04 Å². The highest BCUT2D eigenvalue weighted by Gasteiger charge is 2.27. The smallest absolute Gasteiger partial charge is 0.0919 e. The molecule has 0 aliphatic carbocycles. The number of hydrogen-bond donors (Lipinski definition) is 0.